The van der Waals surface area contributed by atoms with Gasteiger partial charge in [0.15, 0.2) is 5.69 Å². The summed E-state index contributed by atoms with van der Waals surface area (Å²) in [5.41, 5.74) is -1.22. The highest BCUT2D eigenvalue weighted by atomic mass is 35.5. The summed E-state index contributed by atoms with van der Waals surface area (Å²) in [7, 11) is 0. The number of rotatable bonds is 5. The van der Waals surface area contributed by atoms with E-state index in [2.05, 4.69) is 10.4 Å². The molecule has 0 bridgehead atoms. The molecule has 0 radical (unpaired) electrons. The monoisotopic (exact) mass is 376 g/mol. The van der Waals surface area contributed by atoms with Crippen LogP contribution in [-0.2, 0) is 17.5 Å². The number of alkyl halides is 3. The summed E-state index contributed by atoms with van der Waals surface area (Å²) in [5, 5.41) is 16.8. The standard InChI is InChI=1S/C14H12ClF3N4O3/c1-8-6-12(14(16,17)18)20-21(8)5-4-13(23)19-10-3-2-9(15)7-11(10)22(24)25/h2-3,6-7H,4-5H2,1H3,(H,19,23). The number of halogens is 4. The molecule has 0 fully saturated rings. The molecule has 0 saturated carbocycles. The molecule has 0 aliphatic carbocycles. The smallest absolute Gasteiger partial charge is 0.320 e. The molecule has 2 rings (SSSR count). The third-order valence-electron chi connectivity index (χ3n) is 3.25. The number of nitro benzene ring substituents is 1. The minimum atomic E-state index is -4.57. The lowest BCUT2D eigenvalue weighted by atomic mass is 10.2. The van der Waals surface area contributed by atoms with Crippen molar-refractivity contribution in [1.29, 1.82) is 0 Å². The zero-order valence-electron chi connectivity index (χ0n) is 12.8. The lowest BCUT2D eigenvalue weighted by Crippen LogP contribution is -2.17. The summed E-state index contributed by atoms with van der Waals surface area (Å²) in [5.74, 6) is -0.603. The Morgan fingerprint density at radius 2 is 2.08 bits per heavy atom. The van der Waals surface area contributed by atoms with Gasteiger partial charge in [-0.25, -0.2) is 0 Å². The predicted molar refractivity (Wildman–Crippen MR) is 83.3 cm³/mol. The molecule has 0 unspecified atom stereocenters. The number of carbonyl (C=O) groups excluding carboxylic acids is 1. The zero-order chi connectivity index (χ0) is 18.8. The van der Waals surface area contributed by atoms with Gasteiger partial charge in [0.1, 0.15) is 5.69 Å². The van der Waals surface area contributed by atoms with Crippen LogP contribution < -0.4 is 5.32 Å². The van der Waals surface area contributed by atoms with Crippen molar-refractivity contribution in [3.63, 3.8) is 0 Å². The van der Waals surface area contributed by atoms with Crippen LogP contribution in [0.15, 0.2) is 24.3 Å². The van der Waals surface area contributed by atoms with Crippen LogP contribution in [0.5, 0.6) is 0 Å². The molecule has 1 aromatic carbocycles. The first-order valence-corrected chi connectivity index (χ1v) is 7.31. The summed E-state index contributed by atoms with van der Waals surface area (Å²) in [6, 6.07) is 4.61. The Morgan fingerprint density at radius 3 is 2.64 bits per heavy atom. The molecule has 2 aromatic rings. The summed E-state index contributed by atoms with van der Waals surface area (Å²) in [6.45, 7) is 1.33. The van der Waals surface area contributed by atoms with Gasteiger partial charge < -0.3 is 5.32 Å². The molecular formula is C14H12ClF3N4O3. The third kappa shape index (κ3) is 4.69. The number of carbonyl (C=O) groups is 1. The van der Waals surface area contributed by atoms with E-state index < -0.39 is 22.7 Å². The van der Waals surface area contributed by atoms with E-state index in [0.29, 0.717) is 0 Å². The molecule has 25 heavy (non-hydrogen) atoms. The molecule has 0 saturated heterocycles. The fourth-order valence-electron chi connectivity index (χ4n) is 2.06. The second kappa shape index (κ2) is 7.09. The van der Waals surface area contributed by atoms with Crippen molar-refractivity contribution < 1.29 is 22.9 Å². The van der Waals surface area contributed by atoms with E-state index in [4.69, 9.17) is 11.6 Å². The maximum atomic E-state index is 12.6. The van der Waals surface area contributed by atoms with Crippen LogP contribution in [0.1, 0.15) is 17.8 Å². The molecule has 0 aliphatic rings. The van der Waals surface area contributed by atoms with E-state index in [9.17, 15) is 28.1 Å². The molecule has 1 N–H and O–H groups in total. The number of nitro groups is 1. The van der Waals surface area contributed by atoms with Crippen LogP contribution in [0.25, 0.3) is 0 Å². The van der Waals surface area contributed by atoms with E-state index in [-0.39, 0.29) is 35.1 Å². The second-order valence-corrected chi connectivity index (χ2v) is 5.55. The third-order valence-corrected chi connectivity index (χ3v) is 3.49. The molecular weight excluding hydrogens is 365 g/mol. The first-order chi connectivity index (χ1) is 11.6. The second-order valence-electron chi connectivity index (χ2n) is 5.11. The Balaban J connectivity index is 2.05. The number of aryl methyl sites for hydroxylation is 2. The number of hydrogen-bond acceptors (Lipinski definition) is 4. The van der Waals surface area contributed by atoms with Crippen LogP contribution in [0.3, 0.4) is 0 Å². The van der Waals surface area contributed by atoms with Crippen molar-refractivity contribution >= 4 is 28.9 Å². The Labute approximate surface area is 144 Å². The van der Waals surface area contributed by atoms with Gasteiger partial charge in [-0.05, 0) is 25.1 Å². The van der Waals surface area contributed by atoms with Gasteiger partial charge in [0, 0.05) is 29.7 Å². The average molecular weight is 377 g/mol. The lowest BCUT2D eigenvalue weighted by Gasteiger charge is -2.07. The predicted octanol–water partition coefficient (Wildman–Crippen LogP) is 3.80. The Kier molecular flexibility index (Phi) is 5.31. The first-order valence-electron chi connectivity index (χ1n) is 6.93. The Hall–Kier alpha value is -2.62. The number of hydrogen-bond donors (Lipinski definition) is 1. The van der Waals surface area contributed by atoms with Gasteiger partial charge in [0.05, 0.1) is 4.92 Å². The Morgan fingerprint density at radius 1 is 1.40 bits per heavy atom. The van der Waals surface area contributed by atoms with E-state index >= 15 is 0 Å². The lowest BCUT2D eigenvalue weighted by molar-refractivity contribution is -0.383. The fourth-order valence-corrected chi connectivity index (χ4v) is 2.22. The largest absolute Gasteiger partial charge is 0.435 e. The van der Waals surface area contributed by atoms with E-state index in [0.717, 1.165) is 16.8 Å². The molecule has 0 aliphatic heterocycles. The minimum absolute atomic E-state index is 0.0485. The van der Waals surface area contributed by atoms with Gasteiger partial charge in [0.25, 0.3) is 5.69 Å². The van der Waals surface area contributed by atoms with Crippen molar-refractivity contribution in [3.05, 3.63) is 50.8 Å². The van der Waals surface area contributed by atoms with Crippen LogP contribution in [-0.4, -0.2) is 20.6 Å². The highest BCUT2D eigenvalue weighted by Gasteiger charge is 2.34. The molecule has 1 amide bonds. The molecule has 0 atom stereocenters. The molecule has 134 valence electrons. The number of aromatic nitrogens is 2. The maximum absolute atomic E-state index is 12.6. The summed E-state index contributed by atoms with van der Waals surface area (Å²) >= 11 is 5.67. The van der Waals surface area contributed by atoms with Gasteiger partial charge in [0.2, 0.25) is 5.91 Å². The van der Waals surface area contributed by atoms with Gasteiger partial charge in [-0.15, -0.1) is 0 Å². The minimum Gasteiger partial charge on any atom is -0.320 e. The zero-order valence-corrected chi connectivity index (χ0v) is 13.6. The van der Waals surface area contributed by atoms with Gasteiger partial charge >= 0.3 is 6.18 Å². The Bertz CT molecular complexity index is 820. The van der Waals surface area contributed by atoms with Crippen molar-refractivity contribution in [2.75, 3.05) is 5.32 Å². The summed E-state index contributed by atoms with van der Waals surface area (Å²) in [4.78, 5) is 22.2. The maximum Gasteiger partial charge on any atom is 0.435 e. The highest BCUT2D eigenvalue weighted by molar-refractivity contribution is 6.31. The number of benzene rings is 1. The van der Waals surface area contributed by atoms with Crippen molar-refractivity contribution in [1.82, 2.24) is 9.78 Å². The van der Waals surface area contributed by atoms with Crippen molar-refractivity contribution in [2.45, 2.75) is 26.1 Å². The summed E-state index contributed by atoms with van der Waals surface area (Å²) in [6.07, 6.45) is -4.78. The molecule has 0 spiro atoms. The van der Waals surface area contributed by atoms with E-state index in [1.54, 1.807) is 0 Å². The molecule has 11 heteroatoms. The van der Waals surface area contributed by atoms with Crippen LogP contribution in [0, 0.1) is 17.0 Å². The quantitative estimate of drug-likeness (QED) is 0.634. The molecule has 1 heterocycles. The average Bonchev–Trinajstić information content (AvgIpc) is 2.88. The van der Waals surface area contributed by atoms with E-state index in [1.165, 1.54) is 19.1 Å². The number of nitrogens with zero attached hydrogens (tertiary/aromatic N) is 3. The van der Waals surface area contributed by atoms with Gasteiger partial charge in [-0.1, -0.05) is 11.6 Å². The first kappa shape index (κ1) is 18.7. The number of amides is 1. The van der Waals surface area contributed by atoms with E-state index in [1.807, 2.05) is 0 Å². The van der Waals surface area contributed by atoms with Gasteiger partial charge in [-0.3, -0.25) is 19.6 Å². The fraction of sp³-hybridized carbons (Fsp3) is 0.286. The van der Waals surface area contributed by atoms with Crippen LogP contribution in [0.4, 0.5) is 24.5 Å². The molecule has 1 aromatic heterocycles. The van der Waals surface area contributed by atoms with Crippen LogP contribution >= 0.6 is 11.6 Å². The highest BCUT2D eigenvalue weighted by Crippen LogP contribution is 2.29. The van der Waals surface area contributed by atoms with Gasteiger partial charge in [-0.2, -0.15) is 18.3 Å². The van der Waals surface area contributed by atoms with Crippen molar-refractivity contribution in [2.24, 2.45) is 0 Å². The normalized spacial score (nSPS) is 11.4. The van der Waals surface area contributed by atoms with Crippen molar-refractivity contribution in [3.8, 4) is 0 Å². The molecule has 7 nitrogen and oxygen atoms in total. The topological polar surface area (TPSA) is 90.1 Å². The number of anilines is 1. The number of nitrogens with one attached hydrogen (secondary N) is 1. The SMILES string of the molecule is Cc1cc(C(F)(F)F)nn1CCC(=O)Nc1ccc(Cl)cc1[N+](=O)[O-]. The van der Waals surface area contributed by atoms with Crippen LogP contribution in [0.2, 0.25) is 5.02 Å². The summed E-state index contributed by atoms with van der Waals surface area (Å²) < 4.78 is 38.8.